The first-order valence-electron chi connectivity index (χ1n) is 21.1. The summed E-state index contributed by atoms with van der Waals surface area (Å²) in [5.41, 5.74) is 14.3. The van der Waals surface area contributed by atoms with Gasteiger partial charge in [-0.15, -0.1) is 0 Å². The van der Waals surface area contributed by atoms with Crippen LogP contribution in [0.2, 0.25) is 0 Å². The van der Waals surface area contributed by atoms with Crippen LogP contribution in [-0.4, -0.2) is 0 Å². The largest absolute Gasteiger partial charge is 0.456 e. The van der Waals surface area contributed by atoms with Crippen LogP contribution < -0.4 is 9.80 Å². The Hall–Kier alpha value is -6.06. The normalized spacial score (nSPS) is 21.0. The Morgan fingerprint density at radius 1 is 0.456 bits per heavy atom. The number of furan rings is 1. The van der Waals surface area contributed by atoms with Crippen molar-refractivity contribution in [3.63, 3.8) is 0 Å². The molecular formula is C54H48N2O. The molecule has 8 aromatic rings. The number of hydrogen-bond donors (Lipinski definition) is 0. The summed E-state index contributed by atoms with van der Waals surface area (Å²) in [7, 11) is 0. The maximum absolute atomic E-state index is 6.27. The van der Waals surface area contributed by atoms with Gasteiger partial charge in [0.25, 0.3) is 0 Å². The lowest BCUT2D eigenvalue weighted by Crippen LogP contribution is -2.48. The fraction of sp³-hybridized carbons (Fsp3) is 0.222. The molecule has 1 heterocycles. The van der Waals surface area contributed by atoms with Crippen molar-refractivity contribution in [3.8, 4) is 11.1 Å². The van der Waals surface area contributed by atoms with E-state index in [2.05, 4.69) is 181 Å². The van der Waals surface area contributed by atoms with E-state index in [0.717, 1.165) is 74.5 Å². The van der Waals surface area contributed by atoms with Gasteiger partial charge >= 0.3 is 0 Å². The van der Waals surface area contributed by atoms with Crippen LogP contribution in [0.1, 0.15) is 56.6 Å². The molecule has 4 bridgehead atoms. The minimum Gasteiger partial charge on any atom is -0.456 e. The van der Waals surface area contributed by atoms with E-state index < -0.39 is 0 Å². The lowest BCUT2D eigenvalue weighted by Gasteiger charge is -2.57. The fourth-order valence-electron chi connectivity index (χ4n) is 11.3. The molecular weight excluding hydrogens is 693 g/mol. The monoisotopic (exact) mass is 740 g/mol. The van der Waals surface area contributed by atoms with Crippen molar-refractivity contribution in [1.29, 1.82) is 0 Å². The summed E-state index contributed by atoms with van der Waals surface area (Å²) < 4.78 is 6.27. The lowest BCUT2D eigenvalue weighted by atomic mass is 9.48. The first-order valence-corrected chi connectivity index (χ1v) is 21.1. The molecule has 0 unspecified atom stereocenters. The molecule has 4 aliphatic carbocycles. The molecule has 0 aliphatic heterocycles. The highest BCUT2D eigenvalue weighted by Gasteiger charge is 2.51. The van der Waals surface area contributed by atoms with Crippen LogP contribution in [0, 0.1) is 17.8 Å². The highest BCUT2D eigenvalue weighted by atomic mass is 16.3. The van der Waals surface area contributed by atoms with Gasteiger partial charge in [-0.2, -0.15) is 0 Å². The second kappa shape index (κ2) is 13.8. The van der Waals surface area contributed by atoms with Gasteiger partial charge < -0.3 is 14.2 Å². The van der Waals surface area contributed by atoms with E-state index in [-0.39, 0.29) is 0 Å². The van der Waals surface area contributed by atoms with E-state index in [9.17, 15) is 0 Å². The number of rotatable bonds is 9. The molecule has 7 aromatic carbocycles. The van der Waals surface area contributed by atoms with Crippen LogP contribution in [0.25, 0.3) is 33.1 Å². The molecule has 0 radical (unpaired) electrons. The van der Waals surface area contributed by atoms with Gasteiger partial charge in [-0.1, -0.05) is 97.9 Å². The van der Waals surface area contributed by atoms with Gasteiger partial charge in [0.05, 0.1) is 0 Å². The average molecular weight is 741 g/mol. The highest BCUT2D eigenvalue weighted by Crippen LogP contribution is 2.61. The van der Waals surface area contributed by atoms with Gasteiger partial charge in [-0.05, 0) is 169 Å². The van der Waals surface area contributed by atoms with Crippen LogP contribution >= 0.6 is 0 Å². The summed E-state index contributed by atoms with van der Waals surface area (Å²) in [6.07, 6.45) is 9.44. The number of hydrogen-bond acceptors (Lipinski definition) is 3. The van der Waals surface area contributed by atoms with Gasteiger partial charge in [-0.25, -0.2) is 0 Å². The van der Waals surface area contributed by atoms with E-state index in [4.69, 9.17) is 4.42 Å². The van der Waals surface area contributed by atoms with E-state index in [1.54, 1.807) is 5.56 Å². The van der Waals surface area contributed by atoms with Crippen LogP contribution in [0.15, 0.2) is 174 Å². The Morgan fingerprint density at radius 3 is 1.61 bits per heavy atom. The van der Waals surface area contributed by atoms with Crippen molar-refractivity contribution >= 4 is 56.1 Å². The third kappa shape index (κ3) is 6.12. The number of aryl methyl sites for hydroxylation is 1. The lowest BCUT2D eigenvalue weighted by molar-refractivity contribution is -0.00518. The zero-order valence-electron chi connectivity index (χ0n) is 32.7. The van der Waals surface area contributed by atoms with Crippen LogP contribution in [-0.2, 0) is 11.8 Å². The minimum atomic E-state index is 0.363. The van der Waals surface area contributed by atoms with Gasteiger partial charge in [0.15, 0.2) is 0 Å². The number of anilines is 6. The number of nitrogens with zero attached hydrogens (tertiary/aromatic N) is 2. The van der Waals surface area contributed by atoms with Crippen LogP contribution in [0.4, 0.5) is 34.1 Å². The summed E-state index contributed by atoms with van der Waals surface area (Å²) in [5, 5.41) is 2.25. The molecule has 0 N–H and O–H groups in total. The van der Waals surface area contributed by atoms with Gasteiger partial charge in [0.2, 0.25) is 0 Å². The first kappa shape index (κ1) is 34.2. The molecule has 0 atom stereocenters. The quantitative estimate of drug-likeness (QED) is 0.147. The average Bonchev–Trinajstić information content (AvgIpc) is 3.63. The summed E-state index contributed by atoms with van der Waals surface area (Å²) in [4.78, 5) is 4.87. The molecule has 4 fully saturated rings. The second-order valence-corrected chi connectivity index (χ2v) is 17.2. The smallest absolute Gasteiger partial charge is 0.135 e. The molecule has 12 rings (SSSR count). The van der Waals surface area contributed by atoms with E-state index in [1.807, 2.05) is 6.07 Å². The molecule has 1 aromatic heterocycles. The topological polar surface area (TPSA) is 19.6 Å². The van der Waals surface area contributed by atoms with Crippen LogP contribution in [0.3, 0.4) is 0 Å². The number of benzene rings is 7. The molecule has 280 valence electrons. The van der Waals surface area contributed by atoms with Gasteiger partial charge in [-0.3, -0.25) is 0 Å². The number of para-hydroxylation sites is 2. The Bertz CT molecular complexity index is 2660. The Kier molecular flexibility index (Phi) is 8.31. The predicted octanol–water partition coefficient (Wildman–Crippen LogP) is 15.2. The molecule has 4 saturated carbocycles. The molecule has 0 spiro atoms. The van der Waals surface area contributed by atoms with E-state index >= 15 is 0 Å². The van der Waals surface area contributed by atoms with Crippen molar-refractivity contribution in [2.45, 2.75) is 57.3 Å². The third-order valence-corrected chi connectivity index (χ3v) is 13.5. The van der Waals surface area contributed by atoms with Crippen molar-refractivity contribution in [2.75, 3.05) is 9.80 Å². The van der Waals surface area contributed by atoms with E-state index in [1.165, 1.54) is 60.9 Å². The standard InChI is InChI=1S/C54H48N2O/c1-2-37-30-48(32-49(31-37)56(44-13-7-4-8-14-44)47-25-26-53-51(33-47)50-15-9-10-16-52(50)57-53)55(45-21-17-42(18-22-45)41-11-5-3-6-12-41)46-23-19-43(20-24-46)54-34-38-27-39(35-54)29-40(28-38)36-54/h3-26,30-33,38-40H,2,27-29,34-36H2,1H3. The zero-order chi connectivity index (χ0) is 37.9. The molecule has 4 aliphatic rings. The zero-order valence-corrected chi connectivity index (χ0v) is 32.7. The van der Waals surface area contributed by atoms with Crippen molar-refractivity contribution < 1.29 is 4.42 Å². The van der Waals surface area contributed by atoms with E-state index in [0.29, 0.717) is 5.41 Å². The molecule has 3 nitrogen and oxygen atoms in total. The SMILES string of the molecule is CCc1cc(N(c2ccc(-c3ccccc3)cc2)c2ccc(C34CC5CC(CC(C5)C3)C4)cc2)cc(N(c2ccccc2)c2ccc3oc4ccccc4c3c2)c1. The van der Waals surface area contributed by atoms with Crippen molar-refractivity contribution in [3.05, 3.63) is 181 Å². The summed E-state index contributed by atoms with van der Waals surface area (Å²) in [6, 6.07) is 62.4. The first-order chi connectivity index (χ1) is 28.1. The number of fused-ring (bicyclic) bond motifs is 3. The Balaban J connectivity index is 1.05. The summed E-state index contributed by atoms with van der Waals surface area (Å²) in [6.45, 7) is 2.26. The van der Waals surface area contributed by atoms with Gasteiger partial charge in [0.1, 0.15) is 11.2 Å². The van der Waals surface area contributed by atoms with Gasteiger partial charge in [0, 0.05) is 44.9 Å². The second-order valence-electron chi connectivity index (χ2n) is 17.2. The summed E-state index contributed by atoms with van der Waals surface area (Å²) in [5.74, 6) is 2.77. The maximum atomic E-state index is 6.27. The fourth-order valence-corrected chi connectivity index (χ4v) is 11.3. The maximum Gasteiger partial charge on any atom is 0.135 e. The van der Waals surface area contributed by atoms with Crippen LogP contribution in [0.5, 0.6) is 0 Å². The third-order valence-electron chi connectivity index (χ3n) is 13.5. The molecule has 57 heavy (non-hydrogen) atoms. The Morgan fingerprint density at radius 2 is 0.965 bits per heavy atom. The molecule has 3 heteroatoms. The highest BCUT2D eigenvalue weighted by molar-refractivity contribution is 6.06. The molecule has 0 saturated heterocycles. The Labute approximate surface area is 336 Å². The van der Waals surface area contributed by atoms with Crippen molar-refractivity contribution in [1.82, 2.24) is 0 Å². The molecule has 0 amide bonds. The van der Waals surface area contributed by atoms with Crippen molar-refractivity contribution in [2.24, 2.45) is 17.8 Å². The predicted molar refractivity (Wildman–Crippen MR) is 238 cm³/mol. The summed E-state index contributed by atoms with van der Waals surface area (Å²) >= 11 is 0. The minimum absolute atomic E-state index is 0.363.